The molecule has 2 aliphatic heterocycles. The molecule has 2 amide bonds. The van der Waals surface area contributed by atoms with E-state index >= 15 is 0 Å². The van der Waals surface area contributed by atoms with Crippen LogP contribution in [0.4, 0.5) is 0 Å². The van der Waals surface area contributed by atoms with Gasteiger partial charge in [-0.2, -0.15) is 0 Å². The van der Waals surface area contributed by atoms with Crippen LogP contribution in [0.15, 0.2) is 52.9 Å². The minimum absolute atomic E-state index is 0.0135. The Labute approximate surface area is 206 Å². The van der Waals surface area contributed by atoms with Crippen LogP contribution in [0.3, 0.4) is 0 Å². The van der Waals surface area contributed by atoms with Gasteiger partial charge in [-0.05, 0) is 82.3 Å². The maximum atomic E-state index is 13.0. The van der Waals surface area contributed by atoms with E-state index in [9.17, 15) is 9.59 Å². The molecule has 2 saturated heterocycles. The van der Waals surface area contributed by atoms with Gasteiger partial charge in [0.2, 0.25) is 0 Å². The summed E-state index contributed by atoms with van der Waals surface area (Å²) in [6, 6.07) is 15.4. The standard InChI is InChI=1S/C28H33N3O4/c1-19-6-5-7-20(2)31(19)26(32)18-34-23-12-10-22(11-13-23)28(33)30-16-14-21(15-17-30)27-29-24-8-3-4-9-25(24)35-27/h3-4,8-13,19-21H,5-7,14-18H2,1-2H3/t19-,20-/m0/s1. The molecule has 0 spiro atoms. The molecule has 5 rings (SSSR count). The SMILES string of the molecule is C[C@H]1CCC[C@H](C)N1C(=O)COc1ccc(C(=O)N2CCC(c3nc4ccccc4o3)CC2)cc1. The fourth-order valence-corrected chi connectivity index (χ4v) is 5.40. The van der Waals surface area contributed by atoms with Crippen molar-refractivity contribution >= 4 is 22.9 Å². The molecular formula is C28H33N3O4. The third-order valence-electron chi connectivity index (χ3n) is 7.39. The molecule has 2 atom stereocenters. The van der Waals surface area contributed by atoms with Crippen LogP contribution in [0.5, 0.6) is 5.75 Å². The van der Waals surface area contributed by atoms with Crippen molar-refractivity contribution in [2.24, 2.45) is 0 Å². The second kappa shape index (κ2) is 10.1. The van der Waals surface area contributed by atoms with Gasteiger partial charge in [0.15, 0.2) is 18.1 Å². The van der Waals surface area contributed by atoms with E-state index in [0.29, 0.717) is 24.4 Å². The Morgan fingerprint density at radius 3 is 2.34 bits per heavy atom. The van der Waals surface area contributed by atoms with Crippen LogP contribution < -0.4 is 4.74 Å². The van der Waals surface area contributed by atoms with Crippen LogP contribution in [-0.2, 0) is 4.79 Å². The fourth-order valence-electron chi connectivity index (χ4n) is 5.40. The number of hydrogen-bond donors (Lipinski definition) is 0. The normalized spacial score (nSPS) is 21.3. The number of oxazole rings is 1. The number of carbonyl (C=O) groups is 2. The molecular weight excluding hydrogens is 442 g/mol. The summed E-state index contributed by atoms with van der Waals surface area (Å²) in [7, 11) is 0. The van der Waals surface area contributed by atoms with Gasteiger partial charge >= 0.3 is 0 Å². The highest BCUT2D eigenvalue weighted by Gasteiger charge is 2.29. The smallest absolute Gasteiger partial charge is 0.260 e. The second-order valence-electron chi connectivity index (χ2n) is 9.83. The van der Waals surface area contributed by atoms with Gasteiger partial charge in [0.25, 0.3) is 11.8 Å². The van der Waals surface area contributed by atoms with Crippen molar-refractivity contribution < 1.29 is 18.7 Å². The first kappa shape index (κ1) is 23.4. The van der Waals surface area contributed by atoms with Crippen LogP contribution in [0.25, 0.3) is 11.1 Å². The van der Waals surface area contributed by atoms with Crippen molar-refractivity contribution in [3.05, 3.63) is 60.0 Å². The lowest BCUT2D eigenvalue weighted by Gasteiger charge is -2.38. The van der Waals surface area contributed by atoms with Crippen molar-refractivity contribution in [3.8, 4) is 5.75 Å². The number of ether oxygens (including phenoxy) is 1. The molecule has 2 aliphatic rings. The molecule has 0 unspecified atom stereocenters. The van der Waals surface area contributed by atoms with E-state index in [2.05, 4.69) is 18.8 Å². The zero-order valence-corrected chi connectivity index (χ0v) is 20.5. The van der Waals surface area contributed by atoms with Gasteiger partial charge in [-0.25, -0.2) is 4.98 Å². The van der Waals surface area contributed by atoms with E-state index in [1.54, 1.807) is 24.3 Å². The number of carbonyl (C=O) groups excluding carboxylic acids is 2. The predicted octanol–water partition coefficient (Wildman–Crippen LogP) is 5.02. The Morgan fingerprint density at radius 2 is 1.66 bits per heavy atom. The molecule has 0 radical (unpaired) electrons. The lowest BCUT2D eigenvalue weighted by molar-refractivity contribution is -0.139. The lowest BCUT2D eigenvalue weighted by Crippen LogP contribution is -2.49. The van der Waals surface area contributed by atoms with E-state index in [1.165, 1.54) is 0 Å². The number of fused-ring (bicyclic) bond motifs is 1. The van der Waals surface area contributed by atoms with E-state index in [-0.39, 0.29) is 36.4 Å². The number of aromatic nitrogens is 1. The Morgan fingerprint density at radius 1 is 0.971 bits per heavy atom. The van der Waals surface area contributed by atoms with E-state index < -0.39 is 0 Å². The van der Waals surface area contributed by atoms with Crippen molar-refractivity contribution in [1.82, 2.24) is 14.8 Å². The average Bonchev–Trinajstić information content (AvgIpc) is 3.32. The highest BCUT2D eigenvalue weighted by atomic mass is 16.5. The molecule has 7 heteroatoms. The van der Waals surface area contributed by atoms with Gasteiger partial charge in [0, 0.05) is 36.7 Å². The van der Waals surface area contributed by atoms with E-state index in [4.69, 9.17) is 9.15 Å². The fraction of sp³-hybridized carbons (Fsp3) is 0.464. The van der Waals surface area contributed by atoms with Gasteiger partial charge in [-0.3, -0.25) is 9.59 Å². The van der Waals surface area contributed by atoms with E-state index in [1.807, 2.05) is 34.1 Å². The maximum absolute atomic E-state index is 13.0. The van der Waals surface area contributed by atoms with Crippen LogP contribution >= 0.6 is 0 Å². The van der Waals surface area contributed by atoms with Gasteiger partial charge in [0.1, 0.15) is 11.3 Å². The predicted molar refractivity (Wildman–Crippen MR) is 133 cm³/mol. The number of benzene rings is 2. The highest BCUT2D eigenvalue weighted by Crippen LogP contribution is 2.30. The summed E-state index contributed by atoms with van der Waals surface area (Å²) in [5.41, 5.74) is 2.32. The first-order valence-electron chi connectivity index (χ1n) is 12.7. The Hall–Kier alpha value is -3.35. The molecule has 0 saturated carbocycles. The maximum Gasteiger partial charge on any atom is 0.260 e. The molecule has 7 nitrogen and oxygen atoms in total. The third-order valence-corrected chi connectivity index (χ3v) is 7.39. The monoisotopic (exact) mass is 475 g/mol. The molecule has 0 aliphatic carbocycles. The Balaban J connectivity index is 1.13. The quantitative estimate of drug-likeness (QED) is 0.518. The van der Waals surface area contributed by atoms with Crippen molar-refractivity contribution in [2.45, 2.75) is 64.0 Å². The zero-order valence-electron chi connectivity index (χ0n) is 20.5. The number of amides is 2. The average molecular weight is 476 g/mol. The first-order chi connectivity index (χ1) is 17.0. The number of hydrogen-bond acceptors (Lipinski definition) is 5. The molecule has 2 aromatic carbocycles. The molecule has 1 aromatic heterocycles. The minimum Gasteiger partial charge on any atom is -0.484 e. The first-order valence-corrected chi connectivity index (χ1v) is 12.7. The summed E-state index contributed by atoms with van der Waals surface area (Å²) in [5.74, 6) is 1.63. The largest absolute Gasteiger partial charge is 0.484 e. The Kier molecular flexibility index (Phi) is 6.75. The van der Waals surface area contributed by atoms with Crippen LogP contribution in [0.2, 0.25) is 0 Å². The molecule has 3 aromatic rings. The summed E-state index contributed by atoms with van der Waals surface area (Å²) in [6.07, 6.45) is 4.90. The topological polar surface area (TPSA) is 75.9 Å². The summed E-state index contributed by atoms with van der Waals surface area (Å²) in [6.45, 7) is 5.56. The molecule has 35 heavy (non-hydrogen) atoms. The van der Waals surface area contributed by atoms with Gasteiger partial charge in [-0.15, -0.1) is 0 Å². The van der Waals surface area contributed by atoms with Gasteiger partial charge < -0.3 is 19.0 Å². The number of rotatable bonds is 5. The molecule has 2 fully saturated rings. The molecule has 0 bridgehead atoms. The molecule has 3 heterocycles. The second-order valence-corrected chi connectivity index (χ2v) is 9.83. The minimum atomic E-state index is 0.0135. The van der Waals surface area contributed by atoms with Crippen molar-refractivity contribution in [2.75, 3.05) is 19.7 Å². The van der Waals surface area contributed by atoms with Gasteiger partial charge in [-0.1, -0.05) is 12.1 Å². The zero-order chi connectivity index (χ0) is 24.4. The Bertz CT molecular complexity index is 1140. The van der Waals surface area contributed by atoms with Crippen molar-refractivity contribution in [1.29, 1.82) is 0 Å². The number of para-hydroxylation sites is 2. The summed E-state index contributed by atoms with van der Waals surface area (Å²) < 4.78 is 11.7. The van der Waals surface area contributed by atoms with Crippen molar-refractivity contribution in [3.63, 3.8) is 0 Å². The van der Waals surface area contributed by atoms with Crippen LogP contribution in [0.1, 0.15) is 68.1 Å². The summed E-state index contributed by atoms with van der Waals surface area (Å²) in [5, 5.41) is 0. The number of piperidine rings is 2. The molecule has 184 valence electrons. The van der Waals surface area contributed by atoms with E-state index in [0.717, 1.165) is 49.1 Å². The lowest BCUT2D eigenvalue weighted by atomic mass is 9.96. The number of likely N-dealkylation sites (tertiary alicyclic amines) is 2. The highest BCUT2D eigenvalue weighted by molar-refractivity contribution is 5.94. The van der Waals surface area contributed by atoms with Crippen LogP contribution in [-0.4, -0.2) is 58.4 Å². The number of nitrogens with zero attached hydrogens (tertiary/aromatic N) is 3. The third kappa shape index (κ3) is 5.04. The van der Waals surface area contributed by atoms with Crippen LogP contribution in [0, 0.1) is 0 Å². The summed E-state index contributed by atoms with van der Waals surface area (Å²) >= 11 is 0. The summed E-state index contributed by atoms with van der Waals surface area (Å²) in [4.78, 5) is 34.2. The van der Waals surface area contributed by atoms with Gasteiger partial charge in [0.05, 0.1) is 0 Å². The molecule has 0 N–H and O–H groups in total.